The van der Waals surface area contributed by atoms with E-state index < -0.39 is 0 Å². The predicted molar refractivity (Wildman–Crippen MR) is 242 cm³/mol. The van der Waals surface area contributed by atoms with Gasteiger partial charge in [-0.1, -0.05) is 146 Å². The Morgan fingerprint density at radius 2 is 1.03 bits per heavy atom. The summed E-state index contributed by atoms with van der Waals surface area (Å²) in [5, 5.41) is 10.3. The van der Waals surface area contributed by atoms with E-state index in [0.717, 1.165) is 94.4 Å². The van der Waals surface area contributed by atoms with Gasteiger partial charge in [-0.25, -0.2) is 9.98 Å². The minimum atomic E-state index is 0.656. The Hall–Kier alpha value is -7.54. The van der Waals surface area contributed by atoms with E-state index in [1.807, 2.05) is 60.8 Å². The molecular weight excluding hydrogens is 731 g/mol. The highest BCUT2D eigenvalue weighted by atomic mass is 32.1. The van der Waals surface area contributed by atoms with Crippen LogP contribution < -0.4 is 5.32 Å². The standard InChI is InChI=1S/C52H31N3O2S/c1-3-13-31(14-4-1)51-53-30-43(54-52(55-51)32-15-5-2-6-16-32)41-22-12-21-40-39-20-11-19-38(49(39)58-50(40)41)37-28-27-34(48-47(37)42-18-8-10-24-45(42)57-48)33-25-26-36-35-17-7-9-23-44(35)56-46(36)29-33/h1-30H,(H,53,54,55). The molecule has 0 saturated carbocycles. The average molecular weight is 762 g/mol. The number of hydrogen-bond donors (Lipinski definition) is 1. The highest BCUT2D eigenvalue weighted by Gasteiger charge is 2.22. The Morgan fingerprint density at radius 1 is 0.414 bits per heavy atom. The van der Waals surface area contributed by atoms with Gasteiger partial charge in [0, 0.05) is 75.7 Å². The van der Waals surface area contributed by atoms with Crippen LogP contribution >= 0.6 is 11.3 Å². The fourth-order valence-corrected chi connectivity index (χ4v) is 9.80. The Balaban J connectivity index is 1.04. The molecule has 0 unspecified atom stereocenters. The number of nitrogens with zero attached hydrogens (tertiary/aromatic N) is 2. The zero-order valence-electron chi connectivity index (χ0n) is 30.9. The first kappa shape index (κ1) is 32.7. The van der Waals surface area contributed by atoms with Crippen LogP contribution in [-0.4, -0.2) is 11.7 Å². The van der Waals surface area contributed by atoms with Crippen LogP contribution in [0.4, 0.5) is 0 Å². The SMILES string of the molecule is C1=C(c2cccc3c2sc2c(-c4ccc(-c5ccc6c(c5)oc5ccccc56)c5oc6ccccc6c45)cccc23)N=C(c2ccccc2)N=C(c2ccccc2)N1. The molecule has 272 valence electrons. The molecule has 12 rings (SSSR count). The molecular formula is C52H31N3O2S. The number of fused-ring (bicyclic) bond motifs is 9. The van der Waals surface area contributed by atoms with Crippen LogP contribution in [0.2, 0.25) is 0 Å². The molecule has 1 aliphatic heterocycles. The topological polar surface area (TPSA) is 63.0 Å². The van der Waals surface area contributed by atoms with E-state index in [1.165, 1.54) is 20.2 Å². The number of nitrogens with one attached hydrogen (secondary N) is 1. The lowest BCUT2D eigenvalue weighted by Crippen LogP contribution is -2.19. The summed E-state index contributed by atoms with van der Waals surface area (Å²) in [6.45, 7) is 0. The third-order valence-electron chi connectivity index (χ3n) is 11.2. The maximum absolute atomic E-state index is 6.77. The molecule has 0 atom stereocenters. The normalized spacial score (nSPS) is 13.3. The van der Waals surface area contributed by atoms with E-state index in [1.54, 1.807) is 11.3 Å². The minimum absolute atomic E-state index is 0.656. The number of thiophene rings is 1. The van der Waals surface area contributed by atoms with Gasteiger partial charge in [0.2, 0.25) is 0 Å². The lowest BCUT2D eigenvalue weighted by Gasteiger charge is -2.09. The molecule has 0 aliphatic carbocycles. The van der Waals surface area contributed by atoms with E-state index in [9.17, 15) is 0 Å². The van der Waals surface area contributed by atoms with Crippen LogP contribution in [0.3, 0.4) is 0 Å². The Labute approximate surface area is 336 Å². The van der Waals surface area contributed by atoms with Crippen LogP contribution in [0, 0.1) is 0 Å². The molecule has 1 aliphatic rings. The van der Waals surface area contributed by atoms with Crippen molar-refractivity contribution in [3.63, 3.8) is 0 Å². The Kier molecular flexibility index (Phi) is 7.33. The summed E-state index contributed by atoms with van der Waals surface area (Å²) < 4.78 is 15.5. The quantitative estimate of drug-likeness (QED) is 0.190. The highest BCUT2D eigenvalue weighted by molar-refractivity contribution is 7.26. The molecule has 5 nitrogen and oxygen atoms in total. The third-order valence-corrected chi connectivity index (χ3v) is 12.5. The van der Waals surface area contributed by atoms with E-state index in [0.29, 0.717) is 5.84 Å². The molecule has 4 heterocycles. The van der Waals surface area contributed by atoms with Crippen molar-refractivity contribution in [2.24, 2.45) is 9.98 Å². The molecule has 58 heavy (non-hydrogen) atoms. The smallest absolute Gasteiger partial charge is 0.162 e. The fraction of sp³-hybridized carbons (Fsp3) is 0. The van der Waals surface area contributed by atoms with Crippen molar-refractivity contribution in [3.8, 4) is 22.3 Å². The first-order valence-corrected chi connectivity index (χ1v) is 20.1. The second-order valence-corrected chi connectivity index (χ2v) is 15.6. The number of furan rings is 2. The van der Waals surface area contributed by atoms with Crippen molar-refractivity contribution in [3.05, 3.63) is 199 Å². The number of rotatable bonds is 5. The number of amidine groups is 2. The summed E-state index contributed by atoms with van der Waals surface area (Å²) in [6.07, 6.45) is 1.99. The van der Waals surface area contributed by atoms with Crippen LogP contribution in [0.1, 0.15) is 16.7 Å². The number of benzene rings is 8. The van der Waals surface area contributed by atoms with Gasteiger partial charge in [-0.2, -0.15) is 0 Å². The summed E-state index contributed by atoms with van der Waals surface area (Å²) in [5.41, 5.74) is 11.7. The molecule has 11 aromatic rings. The van der Waals surface area contributed by atoms with Gasteiger partial charge >= 0.3 is 0 Å². The fourth-order valence-electron chi connectivity index (χ4n) is 8.45. The zero-order chi connectivity index (χ0) is 38.2. The van der Waals surface area contributed by atoms with Crippen molar-refractivity contribution in [1.29, 1.82) is 0 Å². The minimum Gasteiger partial charge on any atom is -0.456 e. The number of aliphatic imine (C=N–C) groups is 2. The highest BCUT2D eigenvalue weighted by Crippen LogP contribution is 2.48. The Morgan fingerprint density at radius 3 is 1.83 bits per heavy atom. The average Bonchev–Trinajstić information content (AvgIpc) is 3.93. The number of hydrogen-bond acceptors (Lipinski definition) is 6. The summed E-state index contributed by atoms with van der Waals surface area (Å²) in [5.74, 6) is 1.41. The van der Waals surface area contributed by atoms with Gasteiger partial charge in [0.05, 0.1) is 5.70 Å². The van der Waals surface area contributed by atoms with Crippen molar-refractivity contribution >= 4 is 92.8 Å². The van der Waals surface area contributed by atoms with E-state index in [4.69, 9.17) is 18.8 Å². The van der Waals surface area contributed by atoms with E-state index >= 15 is 0 Å². The predicted octanol–water partition coefficient (Wildman–Crippen LogP) is 14.0. The van der Waals surface area contributed by atoms with Gasteiger partial charge in [0.25, 0.3) is 0 Å². The number of para-hydroxylation sites is 2. The molecule has 1 N–H and O–H groups in total. The van der Waals surface area contributed by atoms with Crippen molar-refractivity contribution < 1.29 is 8.83 Å². The molecule has 8 aromatic carbocycles. The van der Waals surface area contributed by atoms with E-state index in [-0.39, 0.29) is 0 Å². The van der Waals surface area contributed by atoms with E-state index in [2.05, 4.69) is 127 Å². The molecule has 6 heteroatoms. The molecule has 0 radical (unpaired) electrons. The second-order valence-electron chi connectivity index (χ2n) is 14.5. The van der Waals surface area contributed by atoms with Gasteiger partial charge in [0.1, 0.15) is 28.2 Å². The first-order chi connectivity index (χ1) is 28.7. The first-order valence-electron chi connectivity index (χ1n) is 19.3. The lowest BCUT2D eigenvalue weighted by atomic mass is 9.93. The maximum Gasteiger partial charge on any atom is 0.162 e. The molecule has 0 fully saturated rings. The van der Waals surface area contributed by atoms with Gasteiger partial charge in [0.15, 0.2) is 5.84 Å². The molecule has 3 aromatic heterocycles. The van der Waals surface area contributed by atoms with Crippen molar-refractivity contribution in [2.75, 3.05) is 0 Å². The zero-order valence-corrected chi connectivity index (χ0v) is 31.8. The summed E-state index contributed by atoms with van der Waals surface area (Å²) in [7, 11) is 0. The largest absolute Gasteiger partial charge is 0.456 e. The van der Waals surface area contributed by atoms with Crippen molar-refractivity contribution in [2.45, 2.75) is 0 Å². The summed E-state index contributed by atoms with van der Waals surface area (Å²) in [6, 6.07) is 61.0. The molecule has 0 saturated heterocycles. The van der Waals surface area contributed by atoms with Crippen molar-refractivity contribution in [1.82, 2.24) is 5.32 Å². The van der Waals surface area contributed by atoms with Crippen LogP contribution in [0.5, 0.6) is 0 Å². The maximum atomic E-state index is 6.77. The molecule has 0 bridgehead atoms. The summed E-state index contributed by atoms with van der Waals surface area (Å²) in [4.78, 5) is 10.3. The van der Waals surface area contributed by atoms with Gasteiger partial charge in [-0.05, 0) is 41.5 Å². The van der Waals surface area contributed by atoms with Crippen LogP contribution in [-0.2, 0) is 0 Å². The lowest BCUT2D eigenvalue weighted by molar-refractivity contribution is 0.668. The third kappa shape index (κ3) is 5.16. The van der Waals surface area contributed by atoms with Gasteiger partial charge < -0.3 is 14.2 Å². The molecule has 0 spiro atoms. The van der Waals surface area contributed by atoms with Crippen LogP contribution in [0.25, 0.3) is 92.0 Å². The molecule has 0 amide bonds. The van der Waals surface area contributed by atoms with Gasteiger partial charge in [-0.15, -0.1) is 11.3 Å². The second kappa shape index (κ2) is 13.0. The monoisotopic (exact) mass is 761 g/mol. The van der Waals surface area contributed by atoms with Crippen LogP contribution in [0.15, 0.2) is 201 Å². The Bertz CT molecular complexity index is 3530. The summed E-state index contributed by atoms with van der Waals surface area (Å²) >= 11 is 1.81. The van der Waals surface area contributed by atoms with Gasteiger partial charge in [-0.3, -0.25) is 0 Å².